The highest BCUT2D eigenvalue weighted by Crippen LogP contribution is 2.35. The lowest BCUT2D eigenvalue weighted by molar-refractivity contribution is -0.132. The number of rotatable bonds is 3. The fraction of sp³-hybridized carbons (Fsp3) is 0.500. The van der Waals surface area contributed by atoms with Gasteiger partial charge in [0.05, 0.1) is 24.5 Å². The van der Waals surface area contributed by atoms with Crippen molar-refractivity contribution >= 4 is 35.8 Å². The van der Waals surface area contributed by atoms with E-state index in [1.165, 1.54) is 18.2 Å². The first-order chi connectivity index (χ1) is 11.8. The summed E-state index contributed by atoms with van der Waals surface area (Å²) >= 11 is 0. The second-order valence-corrected chi connectivity index (χ2v) is 6.27. The number of amides is 2. The quantitative estimate of drug-likeness (QED) is 0.856. The van der Waals surface area contributed by atoms with E-state index in [-0.39, 0.29) is 36.9 Å². The van der Waals surface area contributed by atoms with E-state index < -0.39 is 30.8 Å². The summed E-state index contributed by atoms with van der Waals surface area (Å²) in [6.45, 7) is -1.46. The highest BCUT2D eigenvalue weighted by Gasteiger charge is 2.40. The van der Waals surface area contributed by atoms with Gasteiger partial charge >= 0.3 is 12.3 Å². The molecule has 2 amide bonds. The summed E-state index contributed by atoms with van der Waals surface area (Å²) < 4.78 is 43.9. The zero-order chi connectivity index (χ0) is 18.2. The summed E-state index contributed by atoms with van der Waals surface area (Å²) in [6.07, 6.45) is -3.33. The largest absolute Gasteiger partial charge is 0.449 e. The molecule has 0 unspecified atom stereocenters. The van der Waals surface area contributed by atoms with Gasteiger partial charge in [-0.2, -0.15) is 13.2 Å². The molecule has 2 aliphatic rings. The van der Waals surface area contributed by atoms with Crippen molar-refractivity contribution in [2.45, 2.75) is 25.1 Å². The van der Waals surface area contributed by atoms with E-state index in [1.807, 2.05) is 0 Å². The number of anilines is 2. The molecule has 144 valence electrons. The minimum Gasteiger partial charge on any atom is -0.449 e. The van der Waals surface area contributed by atoms with Crippen LogP contribution in [0.2, 0.25) is 0 Å². The van der Waals surface area contributed by atoms with Crippen molar-refractivity contribution in [1.82, 2.24) is 0 Å². The van der Waals surface area contributed by atoms with Crippen LogP contribution in [0.3, 0.4) is 0 Å². The van der Waals surface area contributed by atoms with Crippen molar-refractivity contribution in [3.63, 3.8) is 0 Å². The van der Waals surface area contributed by atoms with Gasteiger partial charge in [0.25, 0.3) is 0 Å². The van der Waals surface area contributed by atoms with Gasteiger partial charge in [-0.1, -0.05) is 12.1 Å². The number of carbonyl (C=O) groups is 2. The normalized spacial score (nSPS) is 20.2. The molecule has 1 aromatic rings. The molecule has 1 aliphatic carbocycles. The van der Waals surface area contributed by atoms with E-state index in [0.29, 0.717) is 10.8 Å². The molecule has 0 aromatic heterocycles. The second kappa shape index (κ2) is 7.71. The van der Waals surface area contributed by atoms with Gasteiger partial charge in [0, 0.05) is 0 Å². The van der Waals surface area contributed by atoms with Gasteiger partial charge in [0.2, 0.25) is 5.91 Å². The number of para-hydroxylation sites is 2. The molecule has 0 spiro atoms. The topological polar surface area (TPSA) is 75.9 Å². The first-order valence-corrected chi connectivity index (χ1v) is 7.93. The molecule has 3 rings (SSSR count). The zero-order valence-corrected chi connectivity index (χ0v) is 14.6. The van der Waals surface area contributed by atoms with Crippen molar-refractivity contribution in [1.29, 1.82) is 0 Å². The number of benzene rings is 1. The average Bonchev–Trinajstić information content (AvgIpc) is 3.38. The van der Waals surface area contributed by atoms with Gasteiger partial charge in [-0.25, -0.2) is 4.79 Å². The summed E-state index contributed by atoms with van der Waals surface area (Å²) in [5.74, 6) is -0.550. The van der Waals surface area contributed by atoms with Crippen LogP contribution >= 0.6 is 12.4 Å². The summed E-state index contributed by atoms with van der Waals surface area (Å²) in [6, 6.07) is 4.64. The number of carbonyl (C=O) groups excluding carboxylic acids is 2. The Morgan fingerprint density at radius 2 is 1.85 bits per heavy atom. The van der Waals surface area contributed by atoms with Crippen LogP contribution < -0.4 is 15.5 Å². The van der Waals surface area contributed by atoms with Crippen LogP contribution in [0.25, 0.3) is 0 Å². The van der Waals surface area contributed by atoms with Gasteiger partial charge in [-0.3, -0.25) is 14.6 Å². The molecule has 26 heavy (non-hydrogen) atoms. The van der Waals surface area contributed by atoms with Crippen LogP contribution in [0.1, 0.15) is 12.8 Å². The number of ether oxygens (including phenoxy) is 1. The number of nitrogens with two attached hydrogens (primary N) is 1. The standard InChI is InChI=1S/C16H18F3N3O3.ClH/c17-16(18,19)9-22-13-4-2-1-3-12(13)21(7-11(20)14(22)23)15(24)25-8-10-5-6-10;/h1-4,10-11H,5-9,20H2;1H/t11-;/m0./s1. The summed E-state index contributed by atoms with van der Waals surface area (Å²) in [5.41, 5.74) is 5.92. The molecule has 2 N–H and O–H groups in total. The molecule has 6 nitrogen and oxygen atoms in total. The van der Waals surface area contributed by atoms with Crippen LogP contribution in [0.15, 0.2) is 24.3 Å². The first-order valence-electron chi connectivity index (χ1n) is 7.93. The molecule has 0 saturated heterocycles. The van der Waals surface area contributed by atoms with Crippen molar-refractivity contribution < 1.29 is 27.5 Å². The van der Waals surface area contributed by atoms with E-state index in [1.54, 1.807) is 6.07 Å². The molecule has 0 radical (unpaired) electrons. The number of fused-ring (bicyclic) bond motifs is 1. The van der Waals surface area contributed by atoms with Gasteiger partial charge in [-0.05, 0) is 30.9 Å². The van der Waals surface area contributed by atoms with Crippen molar-refractivity contribution in [2.75, 3.05) is 29.5 Å². The van der Waals surface area contributed by atoms with E-state index in [0.717, 1.165) is 17.7 Å². The van der Waals surface area contributed by atoms with Gasteiger partial charge < -0.3 is 10.5 Å². The zero-order valence-electron chi connectivity index (χ0n) is 13.7. The lowest BCUT2D eigenvalue weighted by Gasteiger charge is -2.25. The number of nitrogens with zero attached hydrogens (tertiary/aromatic N) is 2. The number of alkyl halides is 3. The predicted molar refractivity (Wildman–Crippen MR) is 91.5 cm³/mol. The van der Waals surface area contributed by atoms with Crippen molar-refractivity contribution in [2.24, 2.45) is 11.7 Å². The Morgan fingerprint density at radius 1 is 1.23 bits per heavy atom. The highest BCUT2D eigenvalue weighted by molar-refractivity contribution is 6.05. The Bertz CT molecular complexity index is 682. The molecule has 1 atom stereocenters. The fourth-order valence-corrected chi connectivity index (χ4v) is 2.68. The maximum Gasteiger partial charge on any atom is 0.414 e. The van der Waals surface area contributed by atoms with Crippen LogP contribution in [-0.4, -0.2) is 43.9 Å². The van der Waals surface area contributed by atoms with Crippen molar-refractivity contribution in [3.8, 4) is 0 Å². The minimum atomic E-state index is -4.59. The number of hydrogen-bond donors (Lipinski definition) is 1. The molecule has 1 heterocycles. The Morgan fingerprint density at radius 3 is 2.42 bits per heavy atom. The van der Waals surface area contributed by atoms with Crippen LogP contribution in [0.4, 0.5) is 29.3 Å². The average molecular weight is 394 g/mol. The highest BCUT2D eigenvalue weighted by atomic mass is 35.5. The maximum atomic E-state index is 12.9. The van der Waals surface area contributed by atoms with Crippen molar-refractivity contribution in [3.05, 3.63) is 24.3 Å². The van der Waals surface area contributed by atoms with E-state index in [9.17, 15) is 22.8 Å². The second-order valence-electron chi connectivity index (χ2n) is 6.27. The molecule has 1 fully saturated rings. The van der Waals surface area contributed by atoms with Crippen LogP contribution in [-0.2, 0) is 9.53 Å². The fourth-order valence-electron chi connectivity index (χ4n) is 2.68. The Hall–Kier alpha value is -2.00. The molecule has 1 aliphatic heterocycles. The molecular formula is C16H19ClF3N3O3. The summed E-state index contributed by atoms with van der Waals surface area (Å²) in [4.78, 5) is 26.5. The SMILES string of the molecule is Cl.N[C@H]1CN(C(=O)OCC2CC2)c2ccccc2N(CC(F)(F)F)C1=O. The van der Waals surface area contributed by atoms with E-state index >= 15 is 0 Å². The summed E-state index contributed by atoms with van der Waals surface area (Å²) in [5, 5.41) is 0. The number of hydrogen-bond acceptors (Lipinski definition) is 4. The third-order valence-corrected chi connectivity index (χ3v) is 4.12. The predicted octanol–water partition coefficient (Wildman–Crippen LogP) is 2.70. The Balaban J connectivity index is 0.00000243. The molecule has 1 saturated carbocycles. The minimum absolute atomic E-state index is 0. The number of halogens is 4. The molecule has 10 heteroatoms. The van der Waals surface area contributed by atoms with Gasteiger partial charge in [0.15, 0.2) is 0 Å². The lowest BCUT2D eigenvalue weighted by Crippen LogP contribution is -2.50. The van der Waals surface area contributed by atoms with Crippen LogP contribution in [0.5, 0.6) is 0 Å². The molecule has 0 bridgehead atoms. The third kappa shape index (κ3) is 4.59. The molecular weight excluding hydrogens is 375 g/mol. The smallest absolute Gasteiger partial charge is 0.414 e. The first kappa shape index (κ1) is 20.3. The maximum absolute atomic E-state index is 12.9. The monoisotopic (exact) mass is 393 g/mol. The lowest BCUT2D eigenvalue weighted by atomic mass is 10.2. The van der Waals surface area contributed by atoms with Crippen LogP contribution in [0, 0.1) is 5.92 Å². The van der Waals surface area contributed by atoms with E-state index in [2.05, 4.69) is 0 Å². The summed E-state index contributed by atoms with van der Waals surface area (Å²) in [7, 11) is 0. The molecule has 1 aromatic carbocycles. The Kier molecular flexibility index (Phi) is 6.02. The third-order valence-electron chi connectivity index (χ3n) is 4.12. The van der Waals surface area contributed by atoms with E-state index in [4.69, 9.17) is 10.5 Å². The Labute approximate surface area is 154 Å². The van der Waals surface area contributed by atoms with Gasteiger partial charge in [-0.15, -0.1) is 12.4 Å². The van der Waals surface area contributed by atoms with Gasteiger partial charge in [0.1, 0.15) is 12.6 Å².